The summed E-state index contributed by atoms with van der Waals surface area (Å²) in [6, 6.07) is 5.04. The molecule has 146 valence electrons. The van der Waals surface area contributed by atoms with Crippen LogP contribution in [0, 0.1) is 0 Å². The van der Waals surface area contributed by atoms with Crippen molar-refractivity contribution < 1.29 is 4.79 Å². The van der Waals surface area contributed by atoms with Crippen LogP contribution in [-0.4, -0.2) is 66.8 Å². The van der Waals surface area contributed by atoms with Crippen LogP contribution in [0.2, 0.25) is 0 Å². The molecule has 28 heavy (non-hydrogen) atoms. The fourth-order valence-corrected chi connectivity index (χ4v) is 3.13. The van der Waals surface area contributed by atoms with Crippen molar-refractivity contribution in [3.8, 4) is 0 Å². The number of rotatable bonds is 3. The molecule has 0 saturated carbocycles. The highest BCUT2D eigenvalue weighted by Crippen LogP contribution is 2.25. The van der Waals surface area contributed by atoms with Crippen molar-refractivity contribution in [2.75, 3.05) is 25.0 Å². The first kappa shape index (κ1) is 18.1. The van der Waals surface area contributed by atoms with Crippen LogP contribution in [0.1, 0.15) is 37.1 Å². The van der Waals surface area contributed by atoms with Crippen molar-refractivity contribution in [3.05, 3.63) is 46.4 Å². The highest BCUT2D eigenvalue weighted by Gasteiger charge is 2.34. The van der Waals surface area contributed by atoms with Gasteiger partial charge in [0.25, 0.3) is 11.5 Å². The molecule has 0 aliphatic carbocycles. The Hall–Kier alpha value is -3.30. The Labute approximate surface area is 161 Å². The molecule has 3 aromatic heterocycles. The van der Waals surface area contributed by atoms with Gasteiger partial charge in [0.2, 0.25) is 0 Å². The molecule has 1 amide bonds. The maximum atomic E-state index is 12.5. The van der Waals surface area contributed by atoms with Crippen molar-refractivity contribution in [2.24, 2.45) is 0 Å². The van der Waals surface area contributed by atoms with Crippen molar-refractivity contribution in [3.63, 3.8) is 0 Å². The molecule has 0 aromatic carbocycles. The predicted octanol–water partition coefficient (Wildman–Crippen LogP) is 0.466. The molecule has 0 bridgehead atoms. The number of fused-ring (bicyclic) bond motifs is 1. The van der Waals surface area contributed by atoms with E-state index in [1.165, 1.54) is 12.4 Å². The number of hydrogen-bond acceptors (Lipinski definition) is 7. The van der Waals surface area contributed by atoms with Crippen LogP contribution in [0.4, 0.5) is 5.82 Å². The van der Waals surface area contributed by atoms with Crippen molar-refractivity contribution >= 4 is 17.4 Å². The second kappa shape index (κ2) is 6.39. The van der Waals surface area contributed by atoms with Crippen LogP contribution in [0.25, 0.3) is 5.65 Å². The molecule has 10 heteroatoms. The number of aromatic nitrogens is 6. The average molecular weight is 382 g/mol. The van der Waals surface area contributed by atoms with Crippen LogP contribution < -0.4 is 10.5 Å². The topological polar surface area (TPSA) is 112 Å². The minimum atomic E-state index is -0.344. The SMILES string of the molecule is CN(C(=O)c1cc(=O)[nH]cn1)C1CN(c2ccc3nnc(C(C)(C)C)n3n2)C1. The second-order valence-electron chi connectivity index (χ2n) is 8.01. The molecule has 0 atom stereocenters. The molecule has 0 unspecified atom stereocenters. The minimum Gasteiger partial charge on any atom is -0.351 e. The van der Waals surface area contributed by atoms with E-state index in [1.807, 2.05) is 12.1 Å². The quantitative estimate of drug-likeness (QED) is 0.700. The van der Waals surface area contributed by atoms with Gasteiger partial charge in [0.15, 0.2) is 11.5 Å². The average Bonchev–Trinajstić information content (AvgIpc) is 3.03. The molecule has 1 saturated heterocycles. The summed E-state index contributed by atoms with van der Waals surface area (Å²) in [4.78, 5) is 34.0. The molecule has 4 heterocycles. The molecule has 1 aliphatic rings. The van der Waals surface area contributed by atoms with Gasteiger partial charge in [-0.25, -0.2) is 4.98 Å². The summed E-state index contributed by atoms with van der Waals surface area (Å²) in [6.45, 7) is 7.51. The van der Waals surface area contributed by atoms with Crippen LogP contribution >= 0.6 is 0 Å². The van der Waals surface area contributed by atoms with Crippen LogP contribution in [0.15, 0.2) is 29.3 Å². The lowest BCUT2D eigenvalue weighted by molar-refractivity contribution is 0.0698. The first-order valence-corrected chi connectivity index (χ1v) is 9.04. The van der Waals surface area contributed by atoms with Gasteiger partial charge in [0, 0.05) is 31.6 Å². The van der Waals surface area contributed by atoms with Crippen LogP contribution in [0.5, 0.6) is 0 Å². The fraction of sp³-hybridized carbons (Fsp3) is 0.444. The van der Waals surface area contributed by atoms with Gasteiger partial charge in [-0.2, -0.15) is 4.52 Å². The van der Waals surface area contributed by atoms with E-state index >= 15 is 0 Å². The summed E-state index contributed by atoms with van der Waals surface area (Å²) in [5.74, 6) is 1.34. The highest BCUT2D eigenvalue weighted by molar-refractivity contribution is 5.92. The first-order chi connectivity index (χ1) is 13.2. The summed E-state index contributed by atoms with van der Waals surface area (Å²) < 4.78 is 1.78. The standard InChI is InChI=1S/C18H22N8O2/c1-18(2,3)17-22-21-13-5-6-14(23-26(13)17)25-8-11(9-25)24(4)16(28)12-7-15(27)20-10-19-12/h5-7,10-11H,8-9H2,1-4H3,(H,19,20,27). The third-order valence-electron chi connectivity index (χ3n) is 4.87. The van der Waals surface area contributed by atoms with Crippen molar-refractivity contribution in [2.45, 2.75) is 32.2 Å². The first-order valence-electron chi connectivity index (χ1n) is 9.04. The van der Waals surface area contributed by atoms with E-state index in [1.54, 1.807) is 16.5 Å². The minimum absolute atomic E-state index is 0.0223. The number of nitrogens with zero attached hydrogens (tertiary/aromatic N) is 7. The number of anilines is 1. The normalized spacial score (nSPS) is 14.9. The third kappa shape index (κ3) is 3.10. The zero-order valence-electron chi connectivity index (χ0n) is 16.2. The van der Waals surface area contributed by atoms with Gasteiger partial charge < -0.3 is 14.8 Å². The van der Waals surface area contributed by atoms with E-state index in [0.29, 0.717) is 18.7 Å². The lowest BCUT2D eigenvalue weighted by Crippen LogP contribution is -2.60. The smallest absolute Gasteiger partial charge is 0.272 e. The molecule has 1 N–H and O–H groups in total. The van der Waals surface area contributed by atoms with E-state index in [2.05, 4.69) is 50.9 Å². The fourth-order valence-electron chi connectivity index (χ4n) is 3.13. The van der Waals surface area contributed by atoms with Gasteiger partial charge in [-0.15, -0.1) is 15.3 Å². The molecule has 3 aromatic rings. The molecule has 4 rings (SSSR count). The van der Waals surface area contributed by atoms with E-state index in [0.717, 1.165) is 11.6 Å². The summed E-state index contributed by atoms with van der Waals surface area (Å²) >= 11 is 0. The van der Waals surface area contributed by atoms with Crippen LogP contribution in [-0.2, 0) is 5.41 Å². The summed E-state index contributed by atoms with van der Waals surface area (Å²) in [5, 5.41) is 13.1. The number of carbonyl (C=O) groups excluding carboxylic acids is 1. The Balaban J connectivity index is 1.49. The number of hydrogen-bond donors (Lipinski definition) is 1. The molecular weight excluding hydrogens is 360 g/mol. The Bertz CT molecular complexity index is 1090. The Kier molecular flexibility index (Phi) is 4.13. The predicted molar refractivity (Wildman–Crippen MR) is 102 cm³/mol. The number of aromatic amines is 1. The van der Waals surface area contributed by atoms with Gasteiger partial charge in [-0.3, -0.25) is 9.59 Å². The van der Waals surface area contributed by atoms with Gasteiger partial charge in [-0.05, 0) is 12.1 Å². The Morgan fingerprint density at radius 3 is 2.68 bits per heavy atom. The zero-order chi connectivity index (χ0) is 20.1. The van der Waals surface area contributed by atoms with Crippen molar-refractivity contribution in [1.82, 2.24) is 34.7 Å². The van der Waals surface area contributed by atoms with E-state index < -0.39 is 0 Å². The Morgan fingerprint density at radius 2 is 2.00 bits per heavy atom. The van der Waals surface area contributed by atoms with Gasteiger partial charge in [0.1, 0.15) is 11.5 Å². The maximum Gasteiger partial charge on any atom is 0.272 e. The highest BCUT2D eigenvalue weighted by atomic mass is 16.2. The number of likely N-dealkylation sites (N-methyl/N-ethyl adjacent to an activating group) is 1. The Morgan fingerprint density at radius 1 is 1.25 bits per heavy atom. The summed E-state index contributed by atoms with van der Waals surface area (Å²) in [6.07, 6.45) is 1.24. The lowest BCUT2D eigenvalue weighted by Gasteiger charge is -2.44. The maximum absolute atomic E-state index is 12.5. The van der Waals surface area contributed by atoms with Gasteiger partial charge in [-0.1, -0.05) is 20.8 Å². The lowest BCUT2D eigenvalue weighted by atomic mass is 9.96. The number of nitrogens with one attached hydrogen (secondary N) is 1. The number of H-pyrrole nitrogens is 1. The molecule has 1 aliphatic heterocycles. The summed E-state index contributed by atoms with van der Waals surface area (Å²) in [5.41, 5.74) is 0.334. The molecule has 0 radical (unpaired) electrons. The van der Waals surface area contributed by atoms with Gasteiger partial charge in [0.05, 0.1) is 12.4 Å². The number of amides is 1. The van der Waals surface area contributed by atoms with E-state index in [4.69, 9.17) is 0 Å². The molecule has 1 fully saturated rings. The van der Waals surface area contributed by atoms with Crippen molar-refractivity contribution in [1.29, 1.82) is 0 Å². The van der Waals surface area contributed by atoms with Crippen LogP contribution in [0.3, 0.4) is 0 Å². The van der Waals surface area contributed by atoms with Gasteiger partial charge >= 0.3 is 0 Å². The molecular formula is C18H22N8O2. The third-order valence-corrected chi connectivity index (χ3v) is 4.87. The van der Waals surface area contributed by atoms with E-state index in [-0.39, 0.29) is 28.6 Å². The monoisotopic (exact) mass is 382 g/mol. The molecule has 0 spiro atoms. The summed E-state index contributed by atoms with van der Waals surface area (Å²) in [7, 11) is 1.72. The zero-order valence-corrected chi connectivity index (χ0v) is 16.2. The van der Waals surface area contributed by atoms with E-state index in [9.17, 15) is 9.59 Å². The molecule has 10 nitrogen and oxygen atoms in total. The largest absolute Gasteiger partial charge is 0.351 e. The number of carbonyl (C=O) groups is 1. The second-order valence-corrected chi connectivity index (χ2v) is 8.01.